The van der Waals surface area contributed by atoms with Gasteiger partial charge in [0.05, 0.1) is 0 Å². The third kappa shape index (κ3) is 3.36. The van der Waals surface area contributed by atoms with E-state index in [9.17, 15) is 0 Å². The van der Waals surface area contributed by atoms with Gasteiger partial charge in [-0.15, -0.1) is 10.2 Å². The van der Waals surface area contributed by atoms with Crippen molar-refractivity contribution in [2.24, 2.45) is 5.92 Å². The molecule has 0 atom stereocenters. The van der Waals surface area contributed by atoms with Gasteiger partial charge in [-0.3, -0.25) is 5.10 Å². The van der Waals surface area contributed by atoms with Crippen LogP contribution in [0.3, 0.4) is 0 Å². The van der Waals surface area contributed by atoms with Crippen LogP contribution in [0.1, 0.15) is 30.1 Å². The minimum atomic E-state index is 0.570. The van der Waals surface area contributed by atoms with Crippen LogP contribution in [0.25, 0.3) is 28.6 Å². The standard InChI is InChI=1S/C18H18N6S/c1-12(2)10-14-11-15(20-19-14)17-21-22-18-24(17)23-16(25-18)9-8-13-6-4-3-5-7-13/h3-9,11-12H,10H2,1-2H3,(H,19,20)/b9-8-. The molecule has 0 bridgehead atoms. The Morgan fingerprint density at radius 2 is 2.00 bits per heavy atom. The lowest BCUT2D eigenvalue weighted by Gasteiger charge is -1.98. The molecule has 0 fully saturated rings. The number of nitrogens with zero attached hydrogens (tertiary/aromatic N) is 5. The first-order valence-corrected chi connectivity index (χ1v) is 9.01. The predicted molar refractivity (Wildman–Crippen MR) is 100 cm³/mol. The molecule has 0 aliphatic carbocycles. The Bertz CT molecular complexity index is 1010. The zero-order valence-corrected chi connectivity index (χ0v) is 14.9. The van der Waals surface area contributed by atoms with Gasteiger partial charge in [-0.2, -0.15) is 14.7 Å². The third-order valence-electron chi connectivity index (χ3n) is 3.71. The lowest BCUT2D eigenvalue weighted by molar-refractivity contribution is 0.633. The quantitative estimate of drug-likeness (QED) is 0.592. The van der Waals surface area contributed by atoms with Crippen LogP contribution in [0.5, 0.6) is 0 Å². The zero-order valence-electron chi connectivity index (χ0n) is 14.0. The first-order valence-electron chi connectivity index (χ1n) is 8.19. The summed E-state index contributed by atoms with van der Waals surface area (Å²) >= 11 is 1.50. The molecule has 1 aromatic carbocycles. The summed E-state index contributed by atoms with van der Waals surface area (Å²) in [5.41, 5.74) is 3.01. The highest BCUT2D eigenvalue weighted by Crippen LogP contribution is 2.22. The Balaban J connectivity index is 1.62. The topological polar surface area (TPSA) is 71.8 Å². The molecule has 0 aliphatic rings. The maximum Gasteiger partial charge on any atom is 0.235 e. The summed E-state index contributed by atoms with van der Waals surface area (Å²) in [6, 6.07) is 12.2. The van der Waals surface area contributed by atoms with Crippen molar-refractivity contribution < 1.29 is 0 Å². The molecule has 4 aromatic rings. The molecule has 25 heavy (non-hydrogen) atoms. The van der Waals surface area contributed by atoms with E-state index in [0.717, 1.165) is 33.3 Å². The van der Waals surface area contributed by atoms with Gasteiger partial charge in [0.1, 0.15) is 10.7 Å². The Kier molecular flexibility index (Phi) is 4.15. The molecule has 0 aliphatic heterocycles. The Morgan fingerprint density at radius 3 is 2.80 bits per heavy atom. The first-order chi connectivity index (χ1) is 12.2. The van der Waals surface area contributed by atoms with Crippen molar-refractivity contribution in [2.75, 3.05) is 0 Å². The number of nitrogens with one attached hydrogen (secondary N) is 1. The van der Waals surface area contributed by atoms with E-state index in [0.29, 0.717) is 11.7 Å². The summed E-state index contributed by atoms with van der Waals surface area (Å²) in [5, 5.41) is 21.4. The fourth-order valence-corrected chi connectivity index (χ4v) is 3.35. The van der Waals surface area contributed by atoms with Gasteiger partial charge < -0.3 is 0 Å². The van der Waals surface area contributed by atoms with E-state index in [1.807, 2.05) is 36.4 Å². The summed E-state index contributed by atoms with van der Waals surface area (Å²) in [7, 11) is 0. The molecule has 0 amide bonds. The van der Waals surface area contributed by atoms with Crippen LogP contribution in [-0.4, -0.2) is 30.0 Å². The second-order valence-corrected chi connectivity index (χ2v) is 7.27. The average Bonchev–Trinajstić information content (AvgIpc) is 3.29. The molecule has 3 heterocycles. The highest BCUT2D eigenvalue weighted by Gasteiger charge is 2.15. The van der Waals surface area contributed by atoms with Crippen LogP contribution >= 0.6 is 11.3 Å². The Hall–Kier alpha value is -2.80. The molecule has 0 spiro atoms. The van der Waals surface area contributed by atoms with Gasteiger partial charge in [-0.25, -0.2) is 0 Å². The van der Waals surface area contributed by atoms with Gasteiger partial charge in [-0.1, -0.05) is 61.6 Å². The molecular formula is C18H18N6S. The molecule has 6 nitrogen and oxygen atoms in total. The SMILES string of the molecule is CC(C)Cc1cc(-c2nnc3sc(/C=C\c4ccccc4)nn23)n[nH]1. The van der Waals surface area contributed by atoms with Gasteiger partial charge in [0.15, 0.2) is 0 Å². The highest BCUT2D eigenvalue weighted by molar-refractivity contribution is 7.17. The third-order valence-corrected chi connectivity index (χ3v) is 4.58. The minimum Gasteiger partial charge on any atom is -0.282 e. The molecule has 126 valence electrons. The van der Waals surface area contributed by atoms with E-state index in [2.05, 4.69) is 51.5 Å². The molecule has 7 heteroatoms. The molecule has 1 N–H and O–H groups in total. The summed E-state index contributed by atoms with van der Waals surface area (Å²) in [6.45, 7) is 4.36. The van der Waals surface area contributed by atoms with Crippen LogP contribution in [-0.2, 0) is 6.42 Å². The number of hydrogen-bond donors (Lipinski definition) is 1. The van der Waals surface area contributed by atoms with Crippen LogP contribution in [0.4, 0.5) is 0 Å². The Labute approximate surface area is 149 Å². The van der Waals surface area contributed by atoms with E-state index in [1.54, 1.807) is 4.52 Å². The molecular weight excluding hydrogens is 332 g/mol. The fraction of sp³-hybridized carbons (Fsp3) is 0.222. The number of aromatic nitrogens is 6. The predicted octanol–water partition coefficient (Wildman–Crippen LogP) is 3.94. The Morgan fingerprint density at radius 1 is 1.16 bits per heavy atom. The van der Waals surface area contributed by atoms with Crippen LogP contribution in [0.2, 0.25) is 0 Å². The van der Waals surface area contributed by atoms with E-state index in [1.165, 1.54) is 11.3 Å². The number of hydrogen-bond acceptors (Lipinski definition) is 5. The average molecular weight is 350 g/mol. The number of benzene rings is 1. The molecule has 0 saturated heterocycles. The number of fused-ring (bicyclic) bond motifs is 1. The summed E-state index contributed by atoms with van der Waals surface area (Å²) < 4.78 is 1.75. The highest BCUT2D eigenvalue weighted by atomic mass is 32.1. The van der Waals surface area contributed by atoms with E-state index >= 15 is 0 Å². The molecule has 3 aromatic heterocycles. The normalized spacial score (nSPS) is 12.0. The number of H-pyrrole nitrogens is 1. The second-order valence-electron chi connectivity index (χ2n) is 6.28. The molecule has 0 saturated carbocycles. The molecule has 0 radical (unpaired) electrons. The van der Waals surface area contributed by atoms with Crippen molar-refractivity contribution >= 4 is 28.4 Å². The maximum atomic E-state index is 4.60. The van der Waals surface area contributed by atoms with E-state index in [4.69, 9.17) is 0 Å². The van der Waals surface area contributed by atoms with Gasteiger partial charge in [-0.05, 0) is 30.0 Å². The lowest BCUT2D eigenvalue weighted by atomic mass is 10.1. The molecule has 0 unspecified atom stereocenters. The lowest BCUT2D eigenvalue weighted by Crippen LogP contribution is -1.93. The van der Waals surface area contributed by atoms with Gasteiger partial charge in [0.2, 0.25) is 10.8 Å². The minimum absolute atomic E-state index is 0.570. The van der Waals surface area contributed by atoms with Crippen molar-refractivity contribution in [3.05, 3.63) is 52.7 Å². The monoisotopic (exact) mass is 350 g/mol. The van der Waals surface area contributed by atoms with Gasteiger partial charge in [0.25, 0.3) is 0 Å². The van der Waals surface area contributed by atoms with Crippen molar-refractivity contribution in [3.8, 4) is 11.5 Å². The van der Waals surface area contributed by atoms with Gasteiger partial charge in [0, 0.05) is 5.69 Å². The summed E-state index contributed by atoms with van der Waals surface area (Å²) in [4.78, 5) is 0.760. The summed E-state index contributed by atoms with van der Waals surface area (Å²) in [5.74, 6) is 1.23. The van der Waals surface area contributed by atoms with Crippen LogP contribution in [0, 0.1) is 5.92 Å². The van der Waals surface area contributed by atoms with Crippen LogP contribution < -0.4 is 0 Å². The van der Waals surface area contributed by atoms with E-state index in [-0.39, 0.29) is 0 Å². The van der Waals surface area contributed by atoms with Crippen molar-refractivity contribution in [2.45, 2.75) is 20.3 Å². The van der Waals surface area contributed by atoms with Crippen molar-refractivity contribution in [1.82, 2.24) is 30.0 Å². The second kappa shape index (κ2) is 6.60. The zero-order chi connectivity index (χ0) is 17.2. The molecule has 4 rings (SSSR count). The fourth-order valence-electron chi connectivity index (χ4n) is 2.61. The smallest absolute Gasteiger partial charge is 0.235 e. The number of aromatic amines is 1. The maximum absolute atomic E-state index is 4.60. The largest absolute Gasteiger partial charge is 0.282 e. The van der Waals surface area contributed by atoms with E-state index < -0.39 is 0 Å². The van der Waals surface area contributed by atoms with Crippen molar-refractivity contribution in [1.29, 1.82) is 0 Å². The first kappa shape index (κ1) is 15.7. The number of rotatable bonds is 5. The van der Waals surface area contributed by atoms with Crippen molar-refractivity contribution in [3.63, 3.8) is 0 Å². The van der Waals surface area contributed by atoms with Crippen LogP contribution in [0.15, 0.2) is 36.4 Å². The van der Waals surface area contributed by atoms with Gasteiger partial charge >= 0.3 is 0 Å². The summed E-state index contributed by atoms with van der Waals surface area (Å²) in [6.07, 6.45) is 4.99.